The van der Waals surface area contributed by atoms with Crippen molar-refractivity contribution in [2.45, 2.75) is 50.1 Å². The van der Waals surface area contributed by atoms with Gasteiger partial charge in [0.15, 0.2) is 0 Å². The predicted molar refractivity (Wildman–Crippen MR) is 44.4 cm³/mol. The molecule has 11 heavy (non-hydrogen) atoms. The largest absolute Gasteiger partial charge is 0.394 e. The highest BCUT2D eigenvalue weighted by atomic mass is 16.3. The van der Waals surface area contributed by atoms with Crippen LogP contribution in [0.15, 0.2) is 0 Å². The molecule has 2 heteroatoms. The van der Waals surface area contributed by atoms with Crippen LogP contribution in [0, 0.1) is 0 Å². The minimum absolute atomic E-state index is 0.126. The molecule has 2 fully saturated rings. The van der Waals surface area contributed by atoms with E-state index < -0.39 is 0 Å². The summed E-state index contributed by atoms with van der Waals surface area (Å²) in [6, 6.07) is 0.736. The Bertz CT molecular complexity index is 136. The molecule has 2 nitrogen and oxygen atoms in total. The molecule has 2 rings (SSSR count). The maximum Gasteiger partial charge on any atom is 0.0613 e. The van der Waals surface area contributed by atoms with Crippen LogP contribution in [0.3, 0.4) is 0 Å². The molecule has 0 aromatic carbocycles. The summed E-state index contributed by atoms with van der Waals surface area (Å²) < 4.78 is 0. The van der Waals surface area contributed by atoms with Crippen molar-refractivity contribution in [1.82, 2.24) is 5.32 Å². The molecule has 64 valence electrons. The zero-order valence-corrected chi connectivity index (χ0v) is 6.97. The third-order valence-corrected chi connectivity index (χ3v) is 2.95. The molecular weight excluding hydrogens is 138 g/mol. The number of aliphatic hydroxyl groups excluding tert-OH is 1. The lowest BCUT2D eigenvalue weighted by Crippen LogP contribution is -2.47. The smallest absolute Gasteiger partial charge is 0.0613 e. The Hall–Kier alpha value is -0.0800. The number of hydrogen-bond acceptors (Lipinski definition) is 2. The first kappa shape index (κ1) is 7.56. The average Bonchev–Trinajstić information content (AvgIpc) is 2.68. The van der Waals surface area contributed by atoms with Crippen LogP contribution < -0.4 is 5.32 Å². The molecule has 0 bridgehead atoms. The summed E-state index contributed by atoms with van der Waals surface area (Å²) in [5.41, 5.74) is 0.126. The van der Waals surface area contributed by atoms with E-state index in [9.17, 15) is 5.11 Å². The lowest BCUT2D eigenvalue weighted by Gasteiger charge is -2.28. The van der Waals surface area contributed by atoms with Gasteiger partial charge in [0.25, 0.3) is 0 Å². The van der Waals surface area contributed by atoms with Crippen LogP contribution in [0.2, 0.25) is 0 Å². The highest BCUT2D eigenvalue weighted by molar-refractivity contribution is 4.97. The quantitative estimate of drug-likeness (QED) is 0.638. The molecule has 0 spiro atoms. The van der Waals surface area contributed by atoms with Gasteiger partial charge in [0.1, 0.15) is 0 Å². The second-order valence-corrected chi connectivity index (χ2v) is 4.06. The summed E-state index contributed by atoms with van der Waals surface area (Å²) in [5, 5.41) is 12.8. The second-order valence-electron chi connectivity index (χ2n) is 4.06. The summed E-state index contributed by atoms with van der Waals surface area (Å²) in [6.45, 7) is 0.337. The van der Waals surface area contributed by atoms with E-state index in [0.29, 0.717) is 6.61 Å². The maximum atomic E-state index is 9.23. The van der Waals surface area contributed by atoms with Gasteiger partial charge in [0, 0.05) is 11.6 Å². The highest BCUT2D eigenvalue weighted by Crippen LogP contribution is 2.33. The summed E-state index contributed by atoms with van der Waals surface area (Å²) in [6.07, 6.45) is 7.59. The third-order valence-electron chi connectivity index (χ3n) is 2.95. The zero-order chi connectivity index (χ0) is 7.73. The molecule has 0 heterocycles. The fourth-order valence-corrected chi connectivity index (χ4v) is 2.06. The van der Waals surface area contributed by atoms with Crippen molar-refractivity contribution in [3.8, 4) is 0 Å². The molecule has 2 aliphatic carbocycles. The van der Waals surface area contributed by atoms with Gasteiger partial charge < -0.3 is 10.4 Å². The molecular formula is C9H17NO. The van der Waals surface area contributed by atoms with Crippen molar-refractivity contribution in [1.29, 1.82) is 0 Å². The Kier molecular flexibility index (Phi) is 1.90. The van der Waals surface area contributed by atoms with Gasteiger partial charge in [-0.2, -0.15) is 0 Å². The van der Waals surface area contributed by atoms with E-state index in [0.717, 1.165) is 6.04 Å². The number of hydrogen-bond donors (Lipinski definition) is 2. The molecule has 2 saturated carbocycles. The van der Waals surface area contributed by atoms with E-state index in [4.69, 9.17) is 0 Å². The molecule has 0 aromatic rings. The van der Waals surface area contributed by atoms with Crippen LogP contribution in [0.4, 0.5) is 0 Å². The van der Waals surface area contributed by atoms with Crippen LogP contribution in [-0.4, -0.2) is 23.3 Å². The van der Waals surface area contributed by atoms with Crippen LogP contribution >= 0.6 is 0 Å². The standard InChI is InChI=1S/C9H17NO/c11-7-9(5-1-2-6-9)10-8-3-4-8/h8,10-11H,1-7H2. The first-order chi connectivity index (χ1) is 5.35. The normalized spacial score (nSPS) is 29.2. The molecule has 2 aliphatic rings. The highest BCUT2D eigenvalue weighted by Gasteiger charge is 2.37. The molecule has 0 atom stereocenters. The Labute approximate surface area is 68.0 Å². The van der Waals surface area contributed by atoms with Crippen LogP contribution in [0.25, 0.3) is 0 Å². The summed E-state index contributed by atoms with van der Waals surface area (Å²) in [5.74, 6) is 0. The van der Waals surface area contributed by atoms with Gasteiger partial charge in [0.2, 0.25) is 0 Å². The monoisotopic (exact) mass is 155 g/mol. The SMILES string of the molecule is OCC1(NC2CC2)CCCC1. The van der Waals surface area contributed by atoms with E-state index in [1.165, 1.54) is 38.5 Å². The zero-order valence-electron chi connectivity index (χ0n) is 6.97. The summed E-state index contributed by atoms with van der Waals surface area (Å²) in [4.78, 5) is 0. The first-order valence-electron chi connectivity index (χ1n) is 4.73. The van der Waals surface area contributed by atoms with Gasteiger partial charge in [-0.1, -0.05) is 12.8 Å². The molecule has 0 unspecified atom stereocenters. The van der Waals surface area contributed by atoms with E-state index in [2.05, 4.69) is 5.32 Å². The van der Waals surface area contributed by atoms with Crippen molar-refractivity contribution in [3.63, 3.8) is 0 Å². The van der Waals surface area contributed by atoms with E-state index >= 15 is 0 Å². The van der Waals surface area contributed by atoms with Crippen LogP contribution in [0.1, 0.15) is 38.5 Å². The molecule has 0 aromatic heterocycles. The van der Waals surface area contributed by atoms with Crippen molar-refractivity contribution in [2.24, 2.45) is 0 Å². The van der Waals surface area contributed by atoms with Gasteiger partial charge in [-0.15, -0.1) is 0 Å². The first-order valence-corrected chi connectivity index (χ1v) is 4.73. The molecule has 0 saturated heterocycles. The molecule has 0 radical (unpaired) electrons. The van der Waals surface area contributed by atoms with Crippen molar-refractivity contribution in [2.75, 3.05) is 6.61 Å². The van der Waals surface area contributed by atoms with E-state index in [1.54, 1.807) is 0 Å². The second kappa shape index (κ2) is 2.76. The van der Waals surface area contributed by atoms with E-state index in [1.807, 2.05) is 0 Å². The lowest BCUT2D eigenvalue weighted by molar-refractivity contribution is 0.162. The Morgan fingerprint density at radius 3 is 2.36 bits per heavy atom. The van der Waals surface area contributed by atoms with E-state index in [-0.39, 0.29) is 5.54 Å². The number of aliphatic hydroxyl groups is 1. The van der Waals surface area contributed by atoms with Crippen molar-refractivity contribution >= 4 is 0 Å². The minimum atomic E-state index is 0.126. The van der Waals surface area contributed by atoms with Crippen molar-refractivity contribution in [3.05, 3.63) is 0 Å². The molecule has 2 N–H and O–H groups in total. The van der Waals surface area contributed by atoms with Gasteiger partial charge in [-0.05, 0) is 25.7 Å². The maximum absolute atomic E-state index is 9.23. The topological polar surface area (TPSA) is 32.3 Å². The average molecular weight is 155 g/mol. The number of rotatable bonds is 3. The van der Waals surface area contributed by atoms with Crippen LogP contribution in [0.5, 0.6) is 0 Å². The fraction of sp³-hybridized carbons (Fsp3) is 1.00. The lowest BCUT2D eigenvalue weighted by atomic mass is 9.99. The molecule has 0 aliphatic heterocycles. The fourth-order valence-electron chi connectivity index (χ4n) is 2.06. The van der Waals surface area contributed by atoms with Gasteiger partial charge in [-0.3, -0.25) is 0 Å². The molecule has 0 amide bonds. The Morgan fingerprint density at radius 1 is 1.27 bits per heavy atom. The number of nitrogens with one attached hydrogen (secondary N) is 1. The van der Waals surface area contributed by atoms with Gasteiger partial charge in [-0.25, -0.2) is 0 Å². The van der Waals surface area contributed by atoms with Crippen LogP contribution in [-0.2, 0) is 0 Å². The summed E-state index contributed by atoms with van der Waals surface area (Å²) in [7, 11) is 0. The third kappa shape index (κ3) is 1.57. The minimum Gasteiger partial charge on any atom is -0.394 e. The predicted octanol–water partition coefficient (Wildman–Crippen LogP) is 1.04. The Morgan fingerprint density at radius 2 is 1.91 bits per heavy atom. The Balaban J connectivity index is 1.91. The van der Waals surface area contributed by atoms with Crippen molar-refractivity contribution < 1.29 is 5.11 Å². The van der Waals surface area contributed by atoms with Gasteiger partial charge in [0.05, 0.1) is 6.61 Å². The summed E-state index contributed by atoms with van der Waals surface area (Å²) >= 11 is 0. The van der Waals surface area contributed by atoms with Gasteiger partial charge >= 0.3 is 0 Å².